The lowest BCUT2D eigenvalue weighted by Crippen LogP contribution is -2.55. The predicted octanol–water partition coefficient (Wildman–Crippen LogP) is 1.71. The number of rotatable bonds is 4. The average molecular weight is 277 g/mol. The third-order valence-electron chi connectivity index (χ3n) is 3.88. The molecule has 0 bridgehead atoms. The number of nitrogens with one attached hydrogen (secondary N) is 1. The molecule has 0 aromatic carbocycles. The SMILES string of the molecule is Cc1cnccc1CNC(=O)C1(C(N)=S)CC(C)C1. The Hall–Kier alpha value is -1.49. The van der Waals surface area contributed by atoms with Crippen molar-refractivity contribution in [3.8, 4) is 0 Å². The van der Waals surface area contributed by atoms with Gasteiger partial charge in [0.1, 0.15) is 0 Å². The summed E-state index contributed by atoms with van der Waals surface area (Å²) in [5, 5.41) is 2.95. The van der Waals surface area contributed by atoms with Crippen molar-refractivity contribution in [3.05, 3.63) is 29.6 Å². The molecule has 0 aliphatic heterocycles. The molecule has 19 heavy (non-hydrogen) atoms. The highest BCUT2D eigenvalue weighted by Crippen LogP contribution is 2.45. The molecule has 2 rings (SSSR count). The van der Waals surface area contributed by atoms with Gasteiger partial charge in [-0.2, -0.15) is 0 Å². The van der Waals surface area contributed by atoms with Crippen molar-refractivity contribution in [2.45, 2.75) is 33.2 Å². The smallest absolute Gasteiger partial charge is 0.233 e. The Balaban J connectivity index is 2.02. The first-order chi connectivity index (χ1) is 8.95. The van der Waals surface area contributed by atoms with Crippen LogP contribution in [-0.2, 0) is 11.3 Å². The zero-order valence-electron chi connectivity index (χ0n) is 11.3. The molecule has 1 amide bonds. The van der Waals surface area contributed by atoms with Crippen LogP contribution < -0.4 is 11.1 Å². The maximum atomic E-state index is 12.3. The van der Waals surface area contributed by atoms with Crippen LogP contribution in [0.25, 0.3) is 0 Å². The molecular weight excluding hydrogens is 258 g/mol. The number of hydrogen-bond donors (Lipinski definition) is 2. The first-order valence-electron chi connectivity index (χ1n) is 6.43. The molecule has 5 heteroatoms. The molecule has 1 saturated carbocycles. The Morgan fingerprint density at radius 3 is 2.84 bits per heavy atom. The second kappa shape index (κ2) is 5.25. The van der Waals surface area contributed by atoms with Gasteiger partial charge in [0, 0.05) is 18.9 Å². The van der Waals surface area contributed by atoms with E-state index in [0.29, 0.717) is 17.5 Å². The van der Waals surface area contributed by atoms with Crippen LogP contribution in [0.5, 0.6) is 0 Å². The Kier molecular flexibility index (Phi) is 3.85. The largest absolute Gasteiger partial charge is 0.392 e. The van der Waals surface area contributed by atoms with Crippen molar-refractivity contribution < 1.29 is 4.79 Å². The topological polar surface area (TPSA) is 68.0 Å². The lowest BCUT2D eigenvalue weighted by Gasteiger charge is -2.44. The molecule has 1 aromatic heterocycles. The van der Waals surface area contributed by atoms with Crippen LogP contribution >= 0.6 is 12.2 Å². The van der Waals surface area contributed by atoms with Crippen molar-refractivity contribution in [1.29, 1.82) is 0 Å². The second-order valence-corrected chi connectivity index (χ2v) is 5.88. The second-order valence-electron chi connectivity index (χ2n) is 5.44. The average Bonchev–Trinajstić information content (AvgIpc) is 2.33. The molecule has 102 valence electrons. The van der Waals surface area contributed by atoms with Crippen molar-refractivity contribution in [2.24, 2.45) is 17.1 Å². The molecule has 0 saturated heterocycles. The number of hydrogen-bond acceptors (Lipinski definition) is 3. The highest BCUT2D eigenvalue weighted by atomic mass is 32.1. The zero-order chi connectivity index (χ0) is 14.0. The summed E-state index contributed by atoms with van der Waals surface area (Å²) in [4.78, 5) is 16.7. The molecule has 4 nitrogen and oxygen atoms in total. The molecule has 1 fully saturated rings. The summed E-state index contributed by atoms with van der Waals surface area (Å²) in [6.07, 6.45) is 5.02. The van der Waals surface area contributed by atoms with Gasteiger partial charge < -0.3 is 11.1 Å². The van der Waals surface area contributed by atoms with Gasteiger partial charge in [-0.05, 0) is 42.9 Å². The summed E-state index contributed by atoms with van der Waals surface area (Å²) in [6.45, 7) is 4.58. The summed E-state index contributed by atoms with van der Waals surface area (Å²) >= 11 is 5.07. The van der Waals surface area contributed by atoms with Crippen molar-refractivity contribution in [3.63, 3.8) is 0 Å². The number of amides is 1. The van der Waals surface area contributed by atoms with Crippen LogP contribution in [0.4, 0.5) is 0 Å². The third-order valence-corrected chi connectivity index (χ3v) is 4.27. The Morgan fingerprint density at radius 1 is 1.63 bits per heavy atom. The van der Waals surface area contributed by atoms with E-state index >= 15 is 0 Å². The summed E-state index contributed by atoms with van der Waals surface area (Å²) in [7, 11) is 0. The van der Waals surface area contributed by atoms with E-state index in [-0.39, 0.29) is 5.91 Å². The van der Waals surface area contributed by atoms with Gasteiger partial charge in [0.05, 0.1) is 10.4 Å². The maximum absolute atomic E-state index is 12.3. The molecule has 3 N–H and O–H groups in total. The Morgan fingerprint density at radius 2 is 2.32 bits per heavy atom. The molecule has 1 aromatic rings. The number of nitrogens with zero attached hydrogens (tertiary/aromatic N) is 1. The van der Waals surface area contributed by atoms with E-state index in [1.54, 1.807) is 12.4 Å². The minimum atomic E-state index is -0.629. The number of nitrogens with two attached hydrogens (primary N) is 1. The molecule has 0 atom stereocenters. The van der Waals surface area contributed by atoms with Crippen molar-refractivity contribution >= 4 is 23.1 Å². The van der Waals surface area contributed by atoms with E-state index < -0.39 is 5.41 Å². The fraction of sp³-hybridized carbons (Fsp3) is 0.500. The maximum Gasteiger partial charge on any atom is 0.233 e. The summed E-state index contributed by atoms with van der Waals surface area (Å²) in [6, 6.07) is 1.91. The third kappa shape index (κ3) is 2.61. The molecule has 0 unspecified atom stereocenters. The number of pyridine rings is 1. The number of aryl methyl sites for hydroxylation is 1. The number of carbonyl (C=O) groups is 1. The van der Waals surface area contributed by atoms with Gasteiger partial charge in [0.25, 0.3) is 0 Å². The molecule has 0 radical (unpaired) electrons. The van der Waals surface area contributed by atoms with E-state index in [0.717, 1.165) is 24.0 Å². The Bertz CT molecular complexity index is 509. The van der Waals surface area contributed by atoms with Gasteiger partial charge >= 0.3 is 0 Å². The minimum Gasteiger partial charge on any atom is -0.392 e. The van der Waals surface area contributed by atoms with Crippen LogP contribution in [-0.4, -0.2) is 15.9 Å². The highest BCUT2D eigenvalue weighted by molar-refractivity contribution is 7.80. The summed E-state index contributed by atoms with van der Waals surface area (Å²) in [5.74, 6) is 0.462. The molecule has 1 aliphatic carbocycles. The first kappa shape index (κ1) is 13.9. The van der Waals surface area contributed by atoms with Gasteiger partial charge in [0.15, 0.2) is 0 Å². The zero-order valence-corrected chi connectivity index (χ0v) is 12.1. The van der Waals surface area contributed by atoms with E-state index in [4.69, 9.17) is 18.0 Å². The van der Waals surface area contributed by atoms with Crippen molar-refractivity contribution in [1.82, 2.24) is 10.3 Å². The Labute approximate surface area is 118 Å². The van der Waals surface area contributed by atoms with Gasteiger partial charge in [-0.25, -0.2) is 0 Å². The quantitative estimate of drug-likeness (QED) is 0.822. The molecule has 1 aliphatic rings. The molecule has 0 spiro atoms. The van der Waals surface area contributed by atoms with Crippen LogP contribution in [0.15, 0.2) is 18.5 Å². The standard InChI is InChI=1S/C14H19N3OS/c1-9-5-14(6-9,12(15)19)13(18)17-8-11-3-4-16-7-10(11)2/h3-4,7,9H,5-6,8H2,1-2H3,(H2,15,19)(H,17,18). The van der Waals surface area contributed by atoms with Gasteiger partial charge in [-0.15, -0.1) is 0 Å². The van der Waals surface area contributed by atoms with Crippen LogP contribution in [0.1, 0.15) is 30.9 Å². The molecular formula is C14H19N3OS. The number of aromatic nitrogens is 1. The normalized spacial score (nSPS) is 25.5. The van der Waals surface area contributed by atoms with Crippen molar-refractivity contribution in [2.75, 3.05) is 0 Å². The van der Waals surface area contributed by atoms with E-state index in [1.807, 2.05) is 13.0 Å². The molecule has 1 heterocycles. The lowest BCUT2D eigenvalue weighted by molar-refractivity contribution is -0.133. The van der Waals surface area contributed by atoms with Gasteiger partial charge in [-0.3, -0.25) is 9.78 Å². The van der Waals surface area contributed by atoms with E-state index in [1.165, 1.54) is 0 Å². The first-order valence-corrected chi connectivity index (χ1v) is 6.84. The van der Waals surface area contributed by atoms with Crippen LogP contribution in [0.2, 0.25) is 0 Å². The number of thiocarbonyl (C=S) groups is 1. The highest BCUT2D eigenvalue weighted by Gasteiger charge is 2.50. The van der Waals surface area contributed by atoms with Gasteiger partial charge in [0.2, 0.25) is 5.91 Å². The minimum absolute atomic E-state index is 0.0469. The van der Waals surface area contributed by atoms with E-state index in [9.17, 15) is 4.79 Å². The van der Waals surface area contributed by atoms with Crippen LogP contribution in [0.3, 0.4) is 0 Å². The summed E-state index contributed by atoms with van der Waals surface area (Å²) in [5.41, 5.74) is 7.25. The fourth-order valence-corrected chi connectivity index (χ4v) is 2.93. The number of carbonyl (C=O) groups excluding carboxylic acids is 1. The van der Waals surface area contributed by atoms with E-state index in [2.05, 4.69) is 17.2 Å². The van der Waals surface area contributed by atoms with Crippen LogP contribution in [0, 0.1) is 18.3 Å². The fourth-order valence-electron chi connectivity index (χ4n) is 2.67. The predicted molar refractivity (Wildman–Crippen MR) is 78.4 cm³/mol. The summed E-state index contributed by atoms with van der Waals surface area (Å²) < 4.78 is 0. The van der Waals surface area contributed by atoms with Gasteiger partial charge in [-0.1, -0.05) is 19.1 Å². The monoisotopic (exact) mass is 277 g/mol. The lowest BCUT2D eigenvalue weighted by atomic mass is 9.62.